The lowest BCUT2D eigenvalue weighted by atomic mass is 10.0. The summed E-state index contributed by atoms with van der Waals surface area (Å²) in [5, 5.41) is 0. The predicted octanol–water partition coefficient (Wildman–Crippen LogP) is 18.2. The van der Waals surface area contributed by atoms with Crippen LogP contribution in [0.2, 0.25) is 0 Å². The van der Waals surface area contributed by atoms with Crippen molar-refractivity contribution in [1.29, 1.82) is 0 Å². The van der Waals surface area contributed by atoms with Crippen molar-refractivity contribution in [2.45, 2.75) is 271 Å². The van der Waals surface area contributed by atoms with Crippen LogP contribution in [0.1, 0.15) is 265 Å². The zero-order valence-corrected chi connectivity index (χ0v) is 42.7. The van der Waals surface area contributed by atoms with Gasteiger partial charge in [0.25, 0.3) is 0 Å². The van der Waals surface area contributed by atoms with E-state index < -0.39 is 6.10 Å². The maximum Gasteiger partial charge on any atom is 0.306 e. The summed E-state index contributed by atoms with van der Waals surface area (Å²) in [6.45, 7) is 6.53. The van der Waals surface area contributed by atoms with E-state index in [0.29, 0.717) is 19.3 Å². The van der Waals surface area contributed by atoms with Crippen molar-refractivity contribution in [1.82, 2.24) is 0 Å². The smallest absolute Gasteiger partial charge is 0.306 e. The molecule has 0 amide bonds. The van der Waals surface area contributed by atoms with Crippen LogP contribution in [0.5, 0.6) is 0 Å². The van der Waals surface area contributed by atoms with Crippen molar-refractivity contribution in [2.75, 3.05) is 13.2 Å². The van der Waals surface area contributed by atoms with Crippen molar-refractivity contribution in [3.8, 4) is 0 Å². The largest absolute Gasteiger partial charge is 0.462 e. The molecule has 0 saturated heterocycles. The molecule has 0 aliphatic rings. The van der Waals surface area contributed by atoms with E-state index in [1.54, 1.807) is 0 Å². The summed E-state index contributed by atoms with van der Waals surface area (Å²) in [5.74, 6) is -0.922. The molecule has 0 heterocycles. The Labute approximate surface area is 402 Å². The van der Waals surface area contributed by atoms with Crippen molar-refractivity contribution in [3.63, 3.8) is 0 Å². The van der Waals surface area contributed by atoms with Crippen LogP contribution in [0.25, 0.3) is 0 Å². The SMILES string of the molecule is CCC\C=C/C=C\C=C/C=C\C=C/CCCCCCCC(=O)OCC(COC(=O)CCCCC/C=C\CCCCCCCC)OC(=O)CCCCCCCCCCCCCCCCCC. The van der Waals surface area contributed by atoms with Crippen LogP contribution in [0.4, 0.5) is 0 Å². The van der Waals surface area contributed by atoms with Gasteiger partial charge in [-0.25, -0.2) is 0 Å². The Bertz CT molecular complexity index is 1230. The monoisotopic (exact) mass is 907 g/mol. The van der Waals surface area contributed by atoms with Gasteiger partial charge in [-0.05, 0) is 64.2 Å². The number of ether oxygens (including phenoxy) is 3. The number of carbonyl (C=O) groups excluding carboxylic acids is 3. The molecule has 0 aromatic rings. The molecule has 0 N–H and O–H groups in total. The third-order valence-corrected chi connectivity index (χ3v) is 11.8. The lowest BCUT2D eigenvalue weighted by molar-refractivity contribution is -0.167. The van der Waals surface area contributed by atoms with Gasteiger partial charge in [-0.2, -0.15) is 0 Å². The molecule has 6 heteroatoms. The fraction of sp³-hybridized carbons (Fsp3) is 0.746. The summed E-state index contributed by atoms with van der Waals surface area (Å²) in [7, 11) is 0. The fourth-order valence-corrected chi connectivity index (χ4v) is 7.64. The van der Waals surface area contributed by atoms with Crippen LogP contribution < -0.4 is 0 Å². The molecule has 374 valence electrons. The zero-order valence-electron chi connectivity index (χ0n) is 42.7. The Morgan fingerprint density at radius 2 is 0.600 bits per heavy atom. The number of carbonyl (C=O) groups is 3. The predicted molar refractivity (Wildman–Crippen MR) is 279 cm³/mol. The summed E-state index contributed by atoms with van der Waals surface area (Å²) >= 11 is 0. The van der Waals surface area contributed by atoms with Crippen LogP contribution >= 0.6 is 0 Å². The van der Waals surface area contributed by atoms with E-state index in [4.69, 9.17) is 14.2 Å². The van der Waals surface area contributed by atoms with E-state index in [1.165, 1.54) is 128 Å². The standard InChI is InChI=1S/C59H102O6/c1-4-7-10-13-16-19-22-25-27-29-30-32-34-37-40-43-46-49-52-58(61)64-55-56(54-63-57(60)51-48-45-42-39-36-33-24-21-18-15-12-9-6-3)65-59(62)53-50-47-44-41-38-35-31-28-26-23-20-17-14-11-8-5-2/h10,13,16,19,22,25,27,29-30,32-33,36,56H,4-9,11-12,14-15,17-18,20-21,23-24,26,28,31,34-35,37-55H2,1-3H3/b13-10-,19-16-,25-22-,29-27-,32-30-,36-33-. The highest BCUT2D eigenvalue weighted by molar-refractivity contribution is 5.71. The number of esters is 3. The second-order valence-corrected chi connectivity index (χ2v) is 18.3. The van der Waals surface area contributed by atoms with Crippen LogP contribution in [0.3, 0.4) is 0 Å². The Morgan fingerprint density at radius 1 is 0.308 bits per heavy atom. The quantitative estimate of drug-likeness (QED) is 0.0199. The first-order valence-electron chi connectivity index (χ1n) is 27.5. The van der Waals surface area contributed by atoms with E-state index in [-0.39, 0.29) is 31.1 Å². The third kappa shape index (κ3) is 51.7. The molecule has 0 aromatic carbocycles. The highest BCUT2D eigenvalue weighted by atomic mass is 16.6. The highest BCUT2D eigenvalue weighted by Gasteiger charge is 2.19. The molecule has 0 aliphatic carbocycles. The van der Waals surface area contributed by atoms with Crippen molar-refractivity contribution >= 4 is 17.9 Å². The average molecular weight is 907 g/mol. The van der Waals surface area contributed by atoms with Crippen LogP contribution in [-0.2, 0) is 28.6 Å². The first-order chi connectivity index (χ1) is 32.0. The van der Waals surface area contributed by atoms with Crippen LogP contribution in [0, 0.1) is 0 Å². The molecular weight excluding hydrogens is 805 g/mol. The number of hydrogen-bond acceptors (Lipinski definition) is 6. The molecule has 0 aromatic heterocycles. The summed E-state index contributed by atoms with van der Waals surface area (Å²) in [6, 6.07) is 0. The van der Waals surface area contributed by atoms with Gasteiger partial charge in [-0.3, -0.25) is 14.4 Å². The molecule has 0 fully saturated rings. The van der Waals surface area contributed by atoms with Gasteiger partial charge in [0.2, 0.25) is 0 Å². The molecule has 65 heavy (non-hydrogen) atoms. The molecule has 1 unspecified atom stereocenters. The van der Waals surface area contributed by atoms with E-state index in [1.807, 2.05) is 24.3 Å². The highest BCUT2D eigenvalue weighted by Crippen LogP contribution is 2.16. The summed E-state index contributed by atoms with van der Waals surface area (Å²) in [5.41, 5.74) is 0. The lowest BCUT2D eigenvalue weighted by Gasteiger charge is -2.18. The van der Waals surface area contributed by atoms with Crippen LogP contribution in [0.15, 0.2) is 72.9 Å². The maximum absolute atomic E-state index is 12.8. The van der Waals surface area contributed by atoms with Gasteiger partial charge in [0.15, 0.2) is 6.10 Å². The maximum atomic E-state index is 12.8. The van der Waals surface area contributed by atoms with Crippen molar-refractivity contribution in [2.24, 2.45) is 0 Å². The molecular formula is C59H102O6. The van der Waals surface area contributed by atoms with E-state index in [0.717, 1.165) is 96.3 Å². The van der Waals surface area contributed by atoms with Gasteiger partial charge in [-0.15, -0.1) is 0 Å². The minimum atomic E-state index is -0.790. The number of unbranched alkanes of at least 4 members (excludes halogenated alkanes) is 30. The third-order valence-electron chi connectivity index (χ3n) is 11.8. The van der Waals surface area contributed by atoms with Gasteiger partial charge in [-0.1, -0.05) is 254 Å². The van der Waals surface area contributed by atoms with Gasteiger partial charge in [0.1, 0.15) is 13.2 Å². The summed E-state index contributed by atoms with van der Waals surface area (Å²) < 4.78 is 16.8. The van der Waals surface area contributed by atoms with E-state index >= 15 is 0 Å². The first-order valence-corrected chi connectivity index (χ1v) is 27.5. The van der Waals surface area contributed by atoms with E-state index in [9.17, 15) is 14.4 Å². The minimum absolute atomic E-state index is 0.0900. The topological polar surface area (TPSA) is 78.9 Å². The molecule has 0 aliphatic heterocycles. The molecule has 6 nitrogen and oxygen atoms in total. The lowest BCUT2D eigenvalue weighted by Crippen LogP contribution is -2.30. The Balaban J connectivity index is 4.43. The van der Waals surface area contributed by atoms with Gasteiger partial charge >= 0.3 is 17.9 Å². The van der Waals surface area contributed by atoms with Crippen molar-refractivity contribution < 1.29 is 28.6 Å². The molecule has 1 atom stereocenters. The Kier molecular flexibility index (Phi) is 50.9. The van der Waals surface area contributed by atoms with Gasteiger partial charge in [0, 0.05) is 19.3 Å². The first kappa shape index (κ1) is 61.9. The Hall–Kier alpha value is -3.15. The van der Waals surface area contributed by atoms with Gasteiger partial charge < -0.3 is 14.2 Å². The van der Waals surface area contributed by atoms with Gasteiger partial charge in [0.05, 0.1) is 0 Å². The Morgan fingerprint density at radius 3 is 0.985 bits per heavy atom. The second-order valence-electron chi connectivity index (χ2n) is 18.3. The average Bonchev–Trinajstić information content (AvgIpc) is 3.30. The molecule has 0 spiro atoms. The molecule has 0 radical (unpaired) electrons. The van der Waals surface area contributed by atoms with Crippen LogP contribution in [-0.4, -0.2) is 37.2 Å². The summed E-state index contributed by atoms with van der Waals surface area (Å²) in [6.07, 6.45) is 67.4. The number of hydrogen-bond donors (Lipinski definition) is 0. The van der Waals surface area contributed by atoms with Crippen molar-refractivity contribution in [3.05, 3.63) is 72.9 Å². The number of rotatable bonds is 49. The fourth-order valence-electron chi connectivity index (χ4n) is 7.64. The molecule has 0 rings (SSSR count). The zero-order chi connectivity index (χ0) is 47.2. The summed E-state index contributed by atoms with van der Waals surface area (Å²) in [4.78, 5) is 38.1. The second kappa shape index (κ2) is 53.5. The van der Waals surface area contributed by atoms with E-state index in [2.05, 4.69) is 69.4 Å². The molecule has 0 saturated carbocycles. The normalized spacial score (nSPS) is 12.6. The molecule has 0 bridgehead atoms. The number of allylic oxidation sites excluding steroid dienone is 12. The minimum Gasteiger partial charge on any atom is -0.462 e.